The first-order valence-electron chi connectivity index (χ1n) is 5.34. The lowest BCUT2D eigenvalue weighted by Crippen LogP contribution is -2.26. The second-order valence-corrected chi connectivity index (χ2v) is 6.56. The number of nitrogens with one attached hydrogen (secondary N) is 1. The Morgan fingerprint density at radius 1 is 1.33 bits per heavy atom. The van der Waals surface area contributed by atoms with Crippen LogP contribution < -0.4 is 5.32 Å². The molecule has 0 spiro atoms. The average Bonchev–Trinajstić information content (AvgIpc) is 2.15. The van der Waals surface area contributed by atoms with Crippen molar-refractivity contribution in [2.45, 2.75) is 38.9 Å². The van der Waals surface area contributed by atoms with E-state index < -0.39 is 15.1 Å². The Morgan fingerprint density at radius 2 is 1.93 bits per heavy atom. The molecule has 0 saturated carbocycles. The van der Waals surface area contributed by atoms with Crippen molar-refractivity contribution in [3.63, 3.8) is 0 Å². The van der Waals surface area contributed by atoms with Crippen molar-refractivity contribution in [1.82, 2.24) is 5.32 Å². The Balaban J connectivity index is 3.81. The molecular weight excluding hydrogens is 214 g/mol. The Kier molecular flexibility index (Phi) is 6.76. The van der Waals surface area contributed by atoms with Crippen LogP contribution >= 0.6 is 0 Å². The van der Waals surface area contributed by atoms with E-state index in [9.17, 15) is 13.2 Å². The predicted molar refractivity (Wildman–Crippen MR) is 61.7 cm³/mol. The molecule has 0 aromatic rings. The van der Waals surface area contributed by atoms with Crippen molar-refractivity contribution in [3.05, 3.63) is 0 Å². The van der Waals surface area contributed by atoms with Gasteiger partial charge >= 0.3 is 0 Å². The van der Waals surface area contributed by atoms with E-state index in [1.54, 1.807) is 13.8 Å². The van der Waals surface area contributed by atoms with Crippen molar-refractivity contribution in [3.8, 4) is 0 Å². The van der Waals surface area contributed by atoms with E-state index >= 15 is 0 Å². The van der Waals surface area contributed by atoms with Crippen LogP contribution in [-0.4, -0.2) is 38.3 Å². The summed E-state index contributed by atoms with van der Waals surface area (Å²) < 4.78 is 22.8. The lowest BCUT2D eigenvalue weighted by Gasteiger charge is -2.07. The van der Waals surface area contributed by atoms with Crippen LogP contribution in [-0.2, 0) is 14.6 Å². The molecule has 0 aromatic carbocycles. The van der Waals surface area contributed by atoms with E-state index in [0.29, 0.717) is 0 Å². The number of hydrogen-bond donors (Lipinski definition) is 1. The summed E-state index contributed by atoms with van der Waals surface area (Å²) in [5.41, 5.74) is 0. The van der Waals surface area contributed by atoms with Crippen molar-refractivity contribution >= 4 is 15.6 Å². The highest BCUT2D eigenvalue weighted by molar-refractivity contribution is 7.91. The maximum Gasteiger partial charge on any atom is 0.153 e. The van der Waals surface area contributed by atoms with Gasteiger partial charge in [-0.2, -0.15) is 0 Å². The first-order chi connectivity index (χ1) is 6.90. The monoisotopic (exact) mass is 235 g/mol. The fraction of sp³-hybridized carbons (Fsp3) is 0.900. The number of rotatable bonds is 8. The van der Waals surface area contributed by atoms with Crippen LogP contribution in [0.3, 0.4) is 0 Å². The van der Waals surface area contributed by atoms with Crippen LogP contribution in [0.1, 0.15) is 33.6 Å². The Labute approximate surface area is 92.4 Å². The number of hydrogen-bond acceptors (Lipinski definition) is 4. The summed E-state index contributed by atoms with van der Waals surface area (Å²) in [5, 5.41) is 2.56. The van der Waals surface area contributed by atoms with Gasteiger partial charge in [0, 0.05) is 6.42 Å². The molecule has 0 saturated heterocycles. The van der Waals surface area contributed by atoms with Crippen molar-refractivity contribution in [1.29, 1.82) is 0 Å². The predicted octanol–water partition coefficient (Wildman–Crippen LogP) is 0.768. The van der Waals surface area contributed by atoms with Gasteiger partial charge in [0.1, 0.15) is 5.78 Å². The number of Topliss-reactive ketones (excluding diaryl/α,β-unsaturated/α-hetero) is 1. The molecular formula is C10H21NO3S. The second-order valence-electron chi connectivity index (χ2n) is 3.88. The van der Waals surface area contributed by atoms with Crippen LogP contribution in [0.25, 0.3) is 0 Å². The van der Waals surface area contributed by atoms with Gasteiger partial charge in [-0.05, 0) is 26.8 Å². The van der Waals surface area contributed by atoms with Crippen molar-refractivity contribution in [2.75, 3.05) is 18.8 Å². The molecule has 1 N–H and O–H groups in total. The first kappa shape index (κ1) is 14.6. The third-order valence-corrected chi connectivity index (χ3v) is 4.34. The zero-order chi connectivity index (χ0) is 11.9. The average molecular weight is 235 g/mol. The zero-order valence-corrected chi connectivity index (χ0v) is 10.6. The summed E-state index contributed by atoms with van der Waals surface area (Å²) in [6.45, 7) is 6.36. The standard InChI is InChI=1S/C10H21NO3S/c1-4-6-11-8-10(12)5-7-15(13,14)9(2)3/h9,11H,4-8H2,1-3H3. The fourth-order valence-electron chi connectivity index (χ4n) is 0.985. The molecule has 0 aliphatic carbocycles. The summed E-state index contributed by atoms with van der Waals surface area (Å²) >= 11 is 0. The molecule has 0 fully saturated rings. The Bertz CT molecular complexity index is 283. The summed E-state index contributed by atoms with van der Waals surface area (Å²) in [4.78, 5) is 11.3. The highest BCUT2D eigenvalue weighted by Crippen LogP contribution is 2.02. The van der Waals surface area contributed by atoms with E-state index in [1.165, 1.54) is 0 Å². The summed E-state index contributed by atoms with van der Waals surface area (Å²) in [5.74, 6) is -0.0650. The lowest BCUT2D eigenvalue weighted by atomic mass is 10.3. The molecule has 0 aromatic heterocycles. The minimum Gasteiger partial charge on any atom is -0.310 e. The summed E-state index contributed by atoms with van der Waals surface area (Å²) in [7, 11) is -3.07. The smallest absolute Gasteiger partial charge is 0.153 e. The van der Waals surface area contributed by atoms with Gasteiger partial charge in [-0.1, -0.05) is 6.92 Å². The van der Waals surface area contributed by atoms with Gasteiger partial charge in [0.2, 0.25) is 0 Å². The van der Waals surface area contributed by atoms with E-state index in [4.69, 9.17) is 0 Å². The van der Waals surface area contributed by atoms with Crippen LogP contribution in [0.5, 0.6) is 0 Å². The van der Waals surface area contributed by atoms with Gasteiger partial charge in [-0.15, -0.1) is 0 Å². The molecule has 0 amide bonds. The largest absolute Gasteiger partial charge is 0.310 e. The molecule has 15 heavy (non-hydrogen) atoms. The second kappa shape index (κ2) is 6.95. The molecule has 0 rings (SSSR count). The van der Waals surface area contributed by atoms with Gasteiger partial charge in [-0.25, -0.2) is 8.42 Å². The summed E-state index contributed by atoms with van der Waals surface area (Å²) in [6, 6.07) is 0. The number of carbonyl (C=O) groups excluding carboxylic acids is 1. The first-order valence-corrected chi connectivity index (χ1v) is 7.05. The maximum absolute atomic E-state index is 11.4. The lowest BCUT2D eigenvalue weighted by molar-refractivity contribution is -0.117. The number of sulfone groups is 1. The van der Waals surface area contributed by atoms with E-state index in [-0.39, 0.29) is 24.5 Å². The maximum atomic E-state index is 11.4. The molecule has 0 atom stereocenters. The molecule has 5 heteroatoms. The topological polar surface area (TPSA) is 63.2 Å². The minimum atomic E-state index is -3.07. The van der Waals surface area contributed by atoms with E-state index in [1.807, 2.05) is 6.92 Å². The molecule has 0 radical (unpaired) electrons. The molecule has 0 bridgehead atoms. The Hall–Kier alpha value is -0.420. The van der Waals surface area contributed by atoms with Crippen molar-refractivity contribution < 1.29 is 13.2 Å². The molecule has 4 nitrogen and oxygen atoms in total. The highest BCUT2D eigenvalue weighted by atomic mass is 32.2. The van der Waals surface area contributed by atoms with Crippen molar-refractivity contribution in [2.24, 2.45) is 0 Å². The van der Waals surface area contributed by atoms with Gasteiger partial charge < -0.3 is 5.32 Å². The van der Waals surface area contributed by atoms with Crippen LogP contribution in [0.15, 0.2) is 0 Å². The normalized spacial score (nSPS) is 12.0. The molecule has 0 unspecified atom stereocenters. The van der Waals surface area contributed by atoms with E-state index in [0.717, 1.165) is 13.0 Å². The summed E-state index contributed by atoms with van der Waals surface area (Å²) in [6.07, 6.45) is 1.09. The Morgan fingerprint density at radius 3 is 2.40 bits per heavy atom. The van der Waals surface area contributed by atoms with Gasteiger partial charge in [0.25, 0.3) is 0 Å². The third-order valence-electron chi connectivity index (χ3n) is 2.13. The van der Waals surface area contributed by atoms with Crippen LogP contribution in [0.4, 0.5) is 0 Å². The molecule has 0 aliphatic rings. The van der Waals surface area contributed by atoms with Gasteiger partial charge in [-0.3, -0.25) is 4.79 Å². The molecule has 0 aliphatic heterocycles. The molecule has 90 valence electrons. The van der Waals surface area contributed by atoms with Crippen LogP contribution in [0.2, 0.25) is 0 Å². The third kappa shape index (κ3) is 6.62. The molecule has 0 heterocycles. The number of carbonyl (C=O) groups is 1. The quantitative estimate of drug-likeness (QED) is 0.631. The number of ketones is 1. The minimum absolute atomic E-state index is 0.0305. The fourth-order valence-corrected chi connectivity index (χ4v) is 1.97. The van der Waals surface area contributed by atoms with Gasteiger partial charge in [0.15, 0.2) is 9.84 Å². The SMILES string of the molecule is CCCNCC(=O)CCS(=O)(=O)C(C)C. The highest BCUT2D eigenvalue weighted by Gasteiger charge is 2.17. The van der Waals surface area contributed by atoms with E-state index in [2.05, 4.69) is 5.32 Å². The van der Waals surface area contributed by atoms with Gasteiger partial charge in [0.05, 0.1) is 17.5 Å². The van der Waals surface area contributed by atoms with Crippen LogP contribution in [0, 0.1) is 0 Å². The zero-order valence-electron chi connectivity index (χ0n) is 9.75.